The quantitative estimate of drug-likeness (QED) is 0.678. The summed E-state index contributed by atoms with van der Waals surface area (Å²) in [5.41, 5.74) is 5.54. The zero-order valence-electron chi connectivity index (χ0n) is 8.66. The third-order valence-corrected chi connectivity index (χ3v) is 3.28. The summed E-state index contributed by atoms with van der Waals surface area (Å²) in [6.45, 7) is 4.49. The van der Waals surface area contributed by atoms with Gasteiger partial charge in [0.15, 0.2) is 0 Å². The van der Waals surface area contributed by atoms with E-state index in [-0.39, 0.29) is 17.4 Å². The fourth-order valence-electron chi connectivity index (χ4n) is 1.87. The van der Waals surface area contributed by atoms with Crippen molar-refractivity contribution in [3.05, 3.63) is 0 Å². The highest BCUT2D eigenvalue weighted by atomic mass is 16.5. The van der Waals surface area contributed by atoms with Crippen LogP contribution in [0.4, 0.5) is 0 Å². The van der Waals surface area contributed by atoms with Crippen molar-refractivity contribution in [2.75, 3.05) is 26.3 Å². The van der Waals surface area contributed by atoms with Gasteiger partial charge in [-0.3, -0.25) is 4.79 Å². The SMILES string of the molecule is CC1(C(=O)N2CCOCC2CN)CC1. The molecule has 1 unspecified atom stereocenters. The topological polar surface area (TPSA) is 55.6 Å². The lowest BCUT2D eigenvalue weighted by atomic mass is 10.1. The Hall–Kier alpha value is -0.610. The van der Waals surface area contributed by atoms with Crippen LogP contribution in [0.5, 0.6) is 0 Å². The second kappa shape index (κ2) is 3.51. The molecule has 1 heterocycles. The van der Waals surface area contributed by atoms with Crippen LogP contribution in [0.25, 0.3) is 0 Å². The molecule has 0 radical (unpaired) electrons. The Morgan fingerprint density at radius 2 is 2.36 bits per heavy atom. The molecule has 80 valence electrons. The van der Waals surface area contributed by atoms with Crippen LogP contribution in [0.2, 0.25) is 0 Å². The van der Waals surface area contributed by atoms with Gasteiger partial charge in [-0.15, -0.1) is 0 Å². The summed E-state index contributed by atoms with van der Waals surface area (Å²) >= 11 is 0. The van der Waals surface area contributed by atoms with E-state index in [9.17, 15) is 4.79 Å². The number of amides is 1. The van der Waals surface area contributed by atoms with Crippen LogP contribution >= 0.6 is 0 Å². The predicted octanol–water partition coefficient (Wildman–Crippen LogP) is -0.0274. The van der Waals surface area contributed by atoms with Gasteiger partial charge in [0, 0.05) is 18.5 Å². The number of rotatable bonds is 2. The minimum absolute atomic E-state index is 0.0786. The average Bonchev–Trinajstić information content (AvgIpc) is 2.97. The van der Waals surface area contributed by atoms with E-state index in [0.29, 0.717) is 26.3 Å². The smallest absolute Gasteiger partial charge is 0.228 e. The number of carbonyl (C=O) groups is 1. The number of nitrogens with zero attached hydrogens (tertiary/aromatic N) is 1. The Kier molecular flexibility index (Phi) is 2.49. The average molecular weight is 198 g/mol. The van der Waals surface area contributed by atoms with Gasteiger partial charge < -0.3 is 15.4 Å². The van der Waals surface area contributed by atoms with Gasteiger partial charge in [0.05, 0.1) is 19.3 Å². The number of hydrogen-bond donors (Lipinski definition) is 1. The normalized spacial score (nSPS) is 30.1. The summed E-state index contributed by atoms with van der Waals surface area (Å²) in [6, 6.07) is 0.0914. The number of hydrogen-bond acceptors (Lipinski definition) is 3. The Balaban J connectivity index is 2.03. The molecule has 14 heavy (non-hydrogen) atoms. The van der Waals surface area contributed by atoms with E-state index in [1.165, 1.54) is 0 Å². The van der Waals surface area contributed by atoms with Crippen LogP contribution < -0.4 is 5.73 Å². The molecule has 0 aromatic rings. The minimum atomic E-state index is -0.0786. The first-order valence-corrected chi connectivity index (χ1v) is 5.26. The van der Waals surface area contributed by atoms with Gasteiger partial charge >= 0.3 is 0 Å². The van der Waals surface area contributed by atoms with E-state index >= 15 is 0 Å². The van der Waals surface area contributed by atoms with E-state index in [0.717, 1.165) is 12.8 Å². The first-order valence-electron chi connectivity index (χ1n) is 5.26. The van der Waals surface area contributed by atoms with E-state index in [1.54, 1.807) is 0 Å². The molecular weight excluding hydrogens is 180 g/mol. The van der Waals surface area contributed by atoms with Crippen molar-refractivity contribution in [1.82, 2.24) is 4.90 Å². The fourth-order valence-corrected chi connectivity index (χ4v) is 1.87. The van der Waals surface area contributed by atoms with Gasteiger partial charge in [-0.2, -0.15) is 0 Å². The highest BCUT2D eigenvalue weighted by Crippen LogP contribution is 2.46. The van der Waals surface area contributed by atoms with Gasteiger partial charge in [0.2, 0.25) is 5.91 Å². The van der Waals surface area contributed by atoms with Crippen molar-refractivity contribution in [3.63, 3.8) is 0 Å². The van der Waals surface area contributed by atoms with E-state index in [1.807, 2.05) is 11.8 Å². The highest BCUT2D eigenvalue weighted by molar-refractivity contribution is 5.85. The minimum Gasteiger partial charge on any atom is -0.377 e. The van der Waals surface area contributed by atoms with Crippen LogP contribution in [0, 0.1) is 5.41 Å². The van der Waals surface area contributed by atoms with E-state index < -0.39 is 0 Å². The van der Waals surface area contributed by atoms with Crippen molar-refractivity contribution in [2.45, 2.75) is 25.8 Å². The second-order valence-electron chi connectivity index (χ2n) is 4.52. The number of carbonyl (C=O) groups excluding carboxylic acids is 1. The van der Waals surface area contributed by atoms with Crippen molar-refractivity contribution < 1.29 is 9.53 Å². The maximum Gasteiger partial charge on any atom is 0.228 e. The van der Waals surface area contributed by atoms with Gasteiger partial charge in [0.25, 0.3) is 0 Å². The lowest BCUT2D eigenvalue weighted by Gasteiger charge is -2.36. The van der Waals surface area contributed by atoms with Gasteiger partial charge in [0.1, 0.15) is 0 Å². The summed E-state index contributed by atoms with van der Waals surface area (Å²) in [5, 5.41) is 0. The van der Waals surface area contributed by atoms with Crippen molar-refractivity contribution >= 4 is 5.91 Å². The number of ether oxygens (including phenoxy) is 1. The molecule has 1 atom stereocenters. The molecular formula is C10H18N2O2. The molecule has 2 N–H and O–H groups in total. The molecule has 0 bridgehead atoms. The molecule has 1 saturated heterocycles. The number of morpholine rings is 1. The van der Waals surface area contributed by atoms with Gasteiger partial charge in [-0.05, 0) is 12.8 Å². The Morgan fingerprint density at radius 3 is 2.93 bits per heavy atom. The first kappa shape index (κ1) is 9.93. The molecule has 4 heteroatoms. The Bertz CT molecular complexity index is 238. The second-order valence-corrected chi connectivity index (χ2v) is 4.52. The molecule has 0 aromatic heterocycles. The van der Waals surface area contributed by atoms with Crippen LogP contribution in [-0.4, -0.2) is 43.2 Å². The van der Waals surface area contributed by atoms with Crippen molar-refractivity contribution in [3.8, 4) is 0 Å². The maximum absolute atomic E-state index is 12.1. The van der Waals surface area contributed by atoms with Crippen molar-refractivity contribution in [1.29, 1.82) is 0 Å². The van der Waals surface area contributed by atoms with Crippen LogP contribution in [-0.2, 0) is 9.53 Å². The molecule has 2 fully saturated rings. The summed E-state index contributed by atoms with van der Waals surface area (Å²) < 4.78 is 5.31. The molecule has 0 aromatic carbocycles. The monoisotopic (exact) mass is 198 g/mol. The Morgan fingerprint density at radius 1 is 1.64 bits per heavy atom. The third kappa shape index (κ3) is 1.64. The predicted molar refractivity (Wildman–Crippen MR) is 52.7 cm³/mol. The Labute approximate surface area is 84.4 Å². The molecule has 1 saturated carbocycles. The van der Waals surface area contributed by atoms with E-state index in [4.69, 9.17) is 10.5 Å². The molecule has 2 rings (SSSR count). The molecule has 1 aliphatic heterocycles. The van der Waals surface area contributed by atoms with Crippen LogP contribution in [0.1, 0.15) is 19.8 Å². The summed E-state index contributed by atoms with van der Waals surface area (Å²) in [6.07, 6.45) is 2.06. The fraction of sp³-hybridized carbons (Fsp3) is 0.900. The first-order chi connectivity index (χ1) is 6.67. The molecule has 1 aliphatic carbocycles. The molecule has 2 aliphatic rings. The zero-order chi connectivity index (χ0) is 10.2. The summed E-state index contributed by atoms with van der Waals surface area (Å²) in [5.74, 6) is 0.274. The van der Waals surface area contributed by atoms with Gasteiger partial charge in [-0.25, -0.2) is 0 Å². The molecule has 4 nitrogen and oxygen atoms in total. The van der Waals surface area contributed by atoms with Gasteiger partial charge in [-0.1, -0.05) is 6.92 Å². The highest BCUT2D eigenvalue weighted by Gasteiger charge is 2.48. The van der Waals surface area contributed by atoms with Crippen LogP contribution in [0.15, 0.2) is 0 Å². The standard InChI is InChI=1S/C10H18N2O2/c1-10(2-3-10)9(13)12-4-5-14-7-8(12)6-11/h8H,2-7,11H2,1H3. The largest absolute Gasteiger partial charge is 0.377 e. The lowest BCUT2D eigenvalue weighted by molar-refractivity contribution is -0.144. The summed E-state index contributed by atoms with van der Waals surface area (Å²) in [7, 11) is 0. The summed E-state index contributed by atoms with van der Waals surface area (Å²) in [4.78, 5) is 14.0. The van der Waals surface area contributed by atoms with Crippen molar-refractivity contribution in [2.24, 2.45) is 11.1 Å². The molecule has 0 spiro atoms. The third-order valence-electron chi connectivity index (χ3n) is 3.28. The molecule has 1 amide bonds. The number of nitrogens with two attached hydrogens (primary N) is 1. The maximum atomic E-state index is 12.1. The zero-order valence-corrected chi connectivity index (χ0v) is 8.66. The lowest BCUT2D eigenvalue weighted by Crippen LogP contribution is -2.53. The van der Waals surface area contributed by atoms with E-state index in [2.05, 4.69) is 0 Å². The van der Waals surface area contributed by atoms with Crippen LogP contribution in [0.3, 0.4) is 0 Å².